The molecule has 1 saturated heterocycles. The topological polar surface area (TPSA) is 123 Å². The number of amides is 2. The van der Waals surface area contributed by atoms with Crippen LogP contribution in [0.5, 0.6) is 0 Å². The Morgan fingerprint density at radius 2 is 1.83 bits per heavy atom. The van der Waals surface area contributed by atoms with Gasteiger partial charge in [-0.2, -0.15) is 4.31 Å². The smallest absolute Gasteiger partial charge is 0.286 e. The van der Waals surface area contributed by atoms with Crippen molar-refractivity contribution in [2.24, 2.45) is 5.73 Å². The summed E-state index contributed by atoms with van der Waals surface area (Å²) < 4.78 is 32.9. The average Bonchev–Trinajstić information content (AvgIpc) is 3.34. The number of carbonyl (C=O) groups is 2. The Hall–Kier alpha value is -3.17. The highest BCUT2D eigenvalue weighted by atomic mass is 32.2. The molecule has 2 amide bonds. The van der Waals surface area contributed by atoms with Crippen LogP contribution < -0.4 is 11.1 Å². The van der Waals surface area contributed by atoms with Crippen molar-refractivity contribution in [2.45, 2.75) is 30.7 Å². The lowest BCUT2D eigenvalue weighted by molar-refractivity contribution is -0.119. The SMILES string of the molecule is Cc1ccc(S(=O)(=O)N2CCC[C@@H]2C(=O)Nc2c(C(N)=O)oc3ccccc23)cc1. The van der Waals surface area contributed by atoms with Gasteiger partial charge in [0.15, 0.2) is 0 Å². The summed E-state index contributed by atoms with van der Waals surface area (Å²) in [6.07, 6.45) is 0.927. The number of benzene rings is 2. The molecule has 1 fully saturated rings. The second-order valence-corrected chi connectivity index (χ2v) is 9.13. The van der Waals surface area contributed by atoms with Crippen molar-refractivity contribution in [3.63, 3.8) is 0 Å². The molecule has 156 valence electrons. The molecule has 0 saturated carbocycles. The standard InChI is InChI=1S/C21H21N3O5S/c1-13-8-10-14(11-9-13)30(27,28)24-12-4-6-16(24)21(26)23-18-15-5-2-3-7-17(15)29-19(18)20(22)25/h2-3,5,7-11,16H,4,6,12H2,1H3,(H2,22,25)(H,23,26)/t16-/m1/s1. The number of nitrogens with zero attached hydrogens (tertiary/aromatic N) is 1. The predicted molar refractivity (Wildman–Crippen MR) is 111 cm³/mol. The zero-order chi connectivity index (χ0) is 21.5. The molecule has 0 radical (unpaired) electrons. The number of hydrogen-bond acceptors (Lipinski definition) is 5. The summed E-state index contributed by atoms with van der Waals surface area (Å²) >= 11 is 0. The predicted octanol–water partition coefficient (Wildman–Crippen LogP) is 2.63. The van der Waals surface area contributed by atoms with Crippen LogP contribution in [-0.4, -0.2) is 37.1 Å². The highest BCUT2D eigenvalue weighted by Gasteiger charge is 2.40. The number of carbonyl (C=O) groups excluding carboxylic acids is 2. The zero-order valence-corrected chi connectivity index (χ0v) is 17.1. The molecule has 3 N–H and O–H groups in total. The van der Waals surface area contributed by atoms with Gasteiger partial charge < -0.3 is 15.5 Å². The van der Waals surface area contributed by atoms with E-state index in [-0.39, 0.29) is 22.9 Å². The lowest BCUT2D eigenvalue weighted by atomic mass is 10.2. The molecule has 2 aromatic carbocycles. The Labute approximate surface area is 173 Å². The third-order valence-corrected chi connectivity index (χ3v) is 7.12. The van der Waals surface area contributed by atoms with Crippen LogP contribution in [-0.2, 0) is 14.8 Å². The van der Waals surface area contributed by atoms with Crippen LogP contribution in [0, 0.1) is 6.92 Å². The number of primary amides is 1. The van der Waals surface area contributed by atoms with Crippen molar-refractivity contribution < 1.29 is 22.4 Å². The van der Waals surface area contributed by atoms with Crippen molar-refractivity contribution in [1.29, 1.82) is 0 Å². The molecule has 8 nitrogen and oxygen atoms in total. The van der Waals surface area contributed by atoms with E-state index in [1.54, 1.807) is 36.4 Å². The molecule has 0 bridgehead atoms. The minimum Gasteiger partial charge on any atom is -0.449 e. The van der Waals surface area contributed by atoms with E-state index in [1.807, 2.05) is 6.92 Å². The summed E-state index contributed by atoms with van der Waals surface area (Å²) in [5, 5.41) is 3.20. The maximum absolute atomic E-state index is 13.1. The van der Waals surface area contributed by atoms with Gasteiger partial charge in [0.2, 0.25) is 21.7 Å². The Morgan fingerprint density at radius 3 is 2.53 bits per heavy atom. The molecule has 1 aromatic heterocycles. The lowest BCUT2D eigenvalue weighted by Gasteiger charge is -2.23. The first-order valence-corrected chi connectivity index (χ1v) is 10.9. The van der Waals surface area contributed by atoms with Gasteiger partial charge in [-0.1, -0.05) is 29.8 Å². The number of rotatable bonds is 5. The summed E-state index contributed by atoms with van der Waals surface area (Å²) in [4.78, 5) is 25.0. The number of nitrogens with two attached hydrogens (primary N) is 1. The van der Waals surface area contributed by atoms with Crippen molar-refractivity contribution in [2.75, 3.05) is 11.9 Å². The van der Waals surface area contributed by atoms with Crippen LogP contribution in [0.3, 0.4) is 0 Å². The quantitative estimate of drug-likeness (QED) is 0.648. The molecule has 9 heteroatoms. The Kier molecular flexibility index (Phi) is 5.08. The lowest BCUT2D eigenvalue weighted by Crippen LogP contribution is -2.43. The second-order valence-electron chi connectivity index (χ2n) is 7.24. The van der Waals surface area contributed by atoms with Crippen LogP contribution in [0.2, 0.25) is 0 Å². The van der Waals surface area contributed by atoms with Crippen molar-refractivity contribution in [3.8, 4) is 0 Å². The molecule has 30 heavy (non-hydrogen) atoms. The number of aryl methyl sites for hydroxylation is 1. The van der Waals surface area contributed by atoms with Crippen LogP contribution in [0.15, 0.2) is 57.8 Å². The molecule has 3 aromatic rings. The fourth-order valence-corrected chi connectivity index (χ4v) is 5.34. The Morgan fingerprint density at radius 1 is 1.13 bits per heavy atom. The molecule has 0 spiro atoms. The van der Waals surface area contributed by atoms with E-state index in [0.29, 0.717) is 23.8 Å². The number of nitrogens with one attached hydrogen (secondary N) is 1. The van der Waals surface area contributed by atoms with E-state index < -0.39 is 27.9 Å². The fraction of sp³-hybridized carbons (Fsp3) is 0.238. The molecule has 1 atom stereocenters. The minimum absolute atomic E-state index is 0.138. The Balaban J connectivity index is 1.65. The molecule has 4 rings (SSSR count). The van der Waals surface area contributed by atoms with Gasteiger partial charge in [0.1, 0.15) is 17.3 Å². The Bertz CT molecular complexity index is 1230. The number of furan rings is 1. The second kappa shape index (κ2) is 7.58. The van der Waals surface area contributed by atoms with Crippen LogP contribution in [0.1, 0.15) is 29.0 Å². The first-order valence-electron chi connectivity index (χ1n) is 9.50. The summed E-state index contributed by atoms with van der Waals surface area (Å²) in [6.45, 7) is 2.11. The molecule has 2 heterocycles. The largest absolute Gasteiger partial charge is 0.449 e. The number of sulfonamides is 1. The molecule has 1 aliphatic heterocycles. The number of anilines is 1. The molecule has 0 aliphatic carbocycles. The van der Waals surface area contributed by atoms with Gasteiger partial charge in [0, 0.05) is 11.9 Å². The van der Waals surface area contributed by atoms with E-state index in [2.05, 4.69) is 5.32 Å². The summed E-state index contributed by atoms with van der Waals surface area (Å²) in [5.74, 6) is -1.52. The summed E-state index contributed by atoms with van der Waals surface area (Å²) in [7, 11) is -3.84. The van der Waals surface area contributed by atoms with E-state index in [4.69, 9.17) is 10.2 Å². The maximum atomic E-state index is 13.1. The van der Waals surface area contributed by atoms with Gasteiger partial charge in [-0.05, 0) is 44.0 Å². The van der Waals surface area contributed by atoms with Crippen LogP contribution in [0.4, 0.5) is 5.69 Å². The van der Waals surface area contributed by atoms with E-state index in [0.717, 1.165) is 5.56 Å². The first-order chi connectivity index (χ1) is 14.3. The summed E-state index contributed by atoms with van der Waals surface area (Å²) in [5.41, 5.74) is 6.90. The first kappa shape index (κ1) is 20.1. The molecular formula is C21H21N3O5S. The molecule has 1 aliphatic rings. The maximum Gasteiger partial charge on any atom is 0.286 e. The van der Waals surface area contributed by atoms with Crippen molar-refractivity contribution >= 4 is 38.5 Å². The fourth-order valence-electron chi connectivity index (χ4n) is 3.69. The number of hydrogen-bond donors (Lipinski definition) is 2. The zero-order valence-electron chi connectivity index (χ0n) is 16.3. The van der Waals surface area contributed by atoms with Gasteiger partial charge in [0.25, 0.3) is 5.91 Å². The van der Waals surface area contributed by atoms with E-state index in [1.165, 1.54) is 16.4 Å². The van der Waals surface area contributed by atoms with Crippen molar-refractivity contribution in [3.05, 3.63) is 59.9 Å². The van der Waals surface area contributed by atoms with Gasteiger partial charge in [-0.15, -0.1) is 0 Å². The van der Waals surface area contributed by atoms with E-state index >= 15 is 0 Å². The third kappa shape index (κ3) is 3.46. The monoisotopic (exact) mass is 427 g/mol. The van der Waals surface area contributed by atoms with Crippen LogP contribution in [0.25, 0.3) is 11.0 Å². The highest BCUT2D eigenvalue weighted by molar-refractivity contribution is 7.89. The average molecular weight is 427 g/mol. The number of para-hydroxylation sites is 1. The molecule has 0 unspecified atom stereocenters. The molecular weight excluding hydrogens is 406 g/mol. The minimum atomic E-state index is -3.84. The third-order valence-electron chi connectivity index (χ3n) is 5.20. The highest BCUT2D eigenvalue weighted by Crippen LogP contribution is 2.32. The van der Waals surface area contributed by atoms with Crippen LogP contribution >= 0.6 is 0 Å². The van der Waals surface area contributed by atoms with Gasteiger partial charge >= 0.3 is 0 Å². The van der Waals surface area contributed by atoms with E-state index in [9.17, 15) is 18.0 Å². The number of fused-ring (bicyclic) bond motifs is 1. The summed E-state index contributed by atoms with van der Waals surface area (Å²) in [6, 6.07) is 12.4. The normalized spacial score (nSPS) is 17.3. The van der Waals surface area contributed by atoms with Gasteiger partial charge in [-0.3, -0.25) is 9.59 Å². The van der Waals surface area contributed by atoms with Crippen molar-refractivity contribution in [1.82, 2.24) is 4.31 Å². The van der Waals surface area contributed by atoms with Gasteiger partial charge in [0.05, 0.1) is 4.90 Å². The van der Waals surface area contributed by atoms with Gasteiger partial charge in [-0.25, -0.2) is 8.42 Å².